The van der Waals surface area contributed by atoms with Crippen molar-refractivity contribution in [2.45, 2.75) is 25.4 Å². The minimum absolute atomic E-state index is 0.0713. The maximum absolute atomic E-state index is 13.0. The fourth-order valence-electron chi connectivity index (χ4n) is 3.91. The first kappa shape index (κ1) is 17.2. The molecule has 0 spiro atoms. The molecule has 2 aliphatic heterocycles. The van der Waals surface area contributed by atoms with E-state index >= 15 is 0 Å². The molecule has 4 rings (SSSR count). The first-order chi connectivity index (χ1) is 12.7. The Bertz CT molecular complexity index is 767. The summed E-state index contributed by atoms with van der Waals surface area (Å²) >= 11 is 0. The molecule has 0 unspecified atom stereocenters. The van der Waals surface area contributed by atoms with Crippen molar-refractivity contribution in [3.8, 4) is 0 Å². The zero-order valence-corrected chi connectivity index (χ0v) is 15.3. The van der Waals surface area contributed by atoms with Gasteiger partial charge in [0.2, 0.25) is 0 Å². The largest absolute Gasteiger partial charge is 0.379 e. The van der Waals surface area contributed by atoms with Crippen LogP contribution in [0.3, 0.4) is 0 Å². The second kappa shape index (κ2) is 7.60. The number of rotatable bonds is 4. The predicted molar refractivity (Wildman–Crippen MR) is 98.8 cm³/mol. The van der Waals surface area contributed by atoms with Crippen LogP contribution < -0.4 is 0 Å². The van der Waals surface area contributed by atoms with Gasteiger partial charge >= 0.3 is 0 Å². The van der Waals surface area contributed by atoms with Crippen LogP contribution in [0.4, 0.5) is 0 Å². The molecule has 0 N–H and O–H groups in total. The lowest BCUT2D eigenvalue weighted by Gasteiger charge is -2.27. The van der Waals surface area contributed by atoms with Crippen LogP contribution in [0, 0.1) is 0 Å². The van der Waals surface area contributed by atoms with Gasteiger partial charge in [0.15, 0.2) is 0 Å². The Morgan fingerprint density at radius 1 is 1.19 bits per heavy atom. The predicted octanol–water partition coefficient (Wildman–Crippen LogP) is 2.23. The molecule has 26 heavy (non-hydrogen) atoms. The van der Waals surface area contributed by atoms with Crippen LogP contribution in [0.1, 0.15) is 40.8 Å². The topological polar surface area (TPSA) is 50.6 Å². The number of hydrogen-bond donors (Lipinski definition) is 0. The molecule has 6 nitrogen and oxygen atoms in total. The van der Waals surface area contributed by atoms with Crippen LogP contribution >= 0.6 is 0 Å². The number of amides is 1. The van der Waals surface area contributed by atoms with E-state index in [9.17, 15) is 4.79 Å². The van der Waals surface area contributed by atoms with E-state index in [0.29, 0.717) is 0 Å². The molecule has 138 valence electrons. The summed E-state index contributed by atoms with van der Waals surface area (Å²) in [6.07, 6.45) is 3.92. The quantitative estimate of drug-likeness (QED) is 0.845. The summed E-state index contributed by atoms with van der Waals surface area (Å²) in [7, 11) is 1.92. The zero-order chi connectivity index (χ0) is 17.9. The van der Waals surface area contributed by atoms with Gasteiger partial charge in [0.1, 0.15) is 5.69 Å². The van der Waals surface area contributed by atoms with Crippen molar-refractivity contribution in [3.63, 3.8) is 0 Å². The molecule has 0 radical (unpaired) electrons. The Morgan fingerprint density at radius 2 is 2.04 bits per heavy atom. The molecule has 2 saturated heterocycles. The molecule has 1 amide bonds. The van der Waals surface area contributed by atoms with Crippen LogP contribution in [0.25, 0.3) is 0 Å². The number of likely N-dealkylation sites (tertiary alicyclic amines) is 1. The van der Waals surface area contributed by atoms with E-state index in [-0.39, 0.29) is 11.9 Å². The van der Waals surface area contributed by atoms with Crippen molar-refractivity contribution >= 4 is 5.91 Å². The highest BCUT2D eigenvalue weighted by Crippen LogP contribution is 2.32. The van der Waals surface area contributed by atoms with Crippen LogP contribution in [-0.2, 0) is 18.3 Å². The highest BCUT2D eigenvalue weighted by molar-refractivity contribution is 5.93. The molecular weight excluding hydrogens is 328 g/mol. The number of carbonyl (C=O) groups is 1. The Kier molecular flexibility index (Phi) is 5.04. The lowest BCUT2D eigenvalue weighted by atomic mass is 10.1. The fourth-order valence-corrected chi connectivity index (χ4v) is 3.91. The molecule has 2 fully saturated rings. The standard InChI is InChI=1S/C20H26N4O2/c1-22-9-3-8-19(22)20(25)24-10-4-7-18(24)17-6-2-5-16(21-17)15-23-11-13-26-14-12-23/h2-3,5-6,8-9,18H,4,7,10-15H2,1H3/t18-/m1/s1. The molecule has 4 heterocycles. The van der Waals surface area contributed by atoms with Gasteiger partial charge in [-0.05, 0) is 37.1 Å². The second-order valence-electron chi connectivity index (χ2n) is 7.10. The Labute approximate surface area is 154 Å². The third kappa shape index (κ3) is 3.52. The first-order valence-electron chi connectivity index (χ1n) is 9.40. The number of morpholine rings is 1. The van der Waals surface area contributed by atoms with Gasteiger partial charge in [-0.3, -0.25) is 14.7 Å². The van der Waals surface area contributed by atoms with E-state index < -0.39 is 0 Å². The van der Waals surface area contributed by atoms with Gasteiger partial charge in [-0.2, -0.15) is 0 Å². The monoisotopic (exact) mass is 354 g/mol. The molecule has 2 aromatic heterocycles. The van der Waals surface area contributed by atoms with Gasteiger partial charge in [0.05, 0.1) is 30.6 Å². The second-order valence-corrected chi connectivity index (χ2v) is 7.10. The molecule has 2 aromatic rings. The van der Waals surface area contributed by atoms with Gasteiger partial charge in [-0.25, -0.2) is 0 Å². The SMILES string of the molecule is Cn1cccc1C(=O)N1CCC[C@@H]1c1cccc(CN2CCOCC2)n1. The van der Waals surface area contributed by atoms with Gasteiger partial charge in [0, 0.05) is 39.4 Å². The van der Waals surface area contributed by atoms with Crippen LogP contribution in [-0.4, -0.2) is 58.1 Å². The third-order valence-corrected chi connectivity index (χ3v) is 5.34. The number of pyridine rings is 1. The molecule has 1 atom stereocenters. The normalized spacial score (nSPS) is 21.3. The number of carbonyl (C=O) groups excluding carboxylic acids is 1. The molecule has 2 aliphatic rings. The molecule has 0 bridgehead atoms. The van der Waals surface area contributed by atoms with E-state index in [1.807, 2.05) is 34.8 Å². The number of hydrogen-bond acceptors (Lipinski definition) is 4. The summed E-state index contributed by atoms with van der Waals surface area (Å²) in [6, 6.07) is 10.1. The van der Waals surface area contributed by atoms with Crippen LogP contribution in [0.5, 0.6) is 0 Å². The van der Waals surface area contributed by atoms with Gasteiger partial charge < -0.3 is 14.2 Å². The molecular formula is C20H26N4O2. The minimum atomic E-state index is 0.0713. The van der Waals surface area contributed by atoms with E-state index in [4.69, 9.17) is 9.72 Å². The Balaban J connectivity index is 1.51. The molecule has 6 heteroatoms. The van der Waals surface area contributed by atoms with Crippen molar-refractivity contribution in [2.75, 3.05) is 32.8 Å². The van der Waals surface area contributed by atoms with E-state index in [1.165, 1.54) is 0 Å². The summed E-state index contributed by atoms with van der Waals surface area (Å²) in [5, 5.41) is 0. The smallest absolute Gasteiger partial charge is 0.271 e. The van der Waals surface area contributed by atoms with Gasteiger partial charge in [0.25, 0.3) is 5.91 Å². The summed E-state index contributed by atoms with van der Waals surface area (Å²) in [4.78, 5) is 22.2. The number of ether oxygens (including phenoxy) is 1. The third-order valence-electron chi connectivity index (χ3n) is 5.34. The first-order valence-corrected chi connectivity index (χ1v) is 9.40. The maximum Gasteiger partial charge on any atom is 0.271 e. The van der Waals surface area contributed by atoms with Crippen LogP contribution in [0.15, 0.2) is 36.5 Å². The van der Waals surface area contributed by atoms with Crippen molar-refractivity contribution in [3.05, 3.63) is 53.6 Å². The summed E-state index contributed by atoms with van der Waals surface area (Å²) < 4.78 is 7.31. The van der Waals surface area contributed by atoms with Crippen molar-refractivity contribution in [1.29, 1.82) is 0 Å². The highest BCUT2D eigenvalue weighted by Gasteiger charge is 2.32. The maximum atomic E-state index is 13.0. The molecule has 0 aromatic carbocycles. The number of aromatic nitrogens is 2. The molecule has 0 saturated carbocycles. The van der Waals surface area contributed by atoms with Crippen molar-refractivity contribution in [2.24, 2.45) is 7.05 Å². The van der Waals surface area contributed by atoms with Crippen molar-refractivity contribution in [1.82, 2.24) is 19.4 Å². The molecule has 0 aliphatic carbocycles. The average Bonchev–Trinajstić information content (AvgIpc) is 3.31. The lowest BCUT2D eigenvalue weighted by molar-refractivity contribution is 0.0336. The number of aryl methyl sites for hydroxylation is 1. The Morgan fingerprint density at radius 3 is 2.81 bits per heavy atom. The highest BCUT2D eigenvalue weighted by atomic mass is 16.5. The lowest BCUT2D eigenvalue weighted by Crippen LogP contribution is -2.36. The van der Waals surface area contributed by atoms with Gasteiger partial charge in [-0.15, -0.1) is 0 Å². The Hall–Kier alpha value is -2.18. The van der Waals surface area contributed by atoms with E-state index in [1.54, 1.807) is 0 Å². The zero-order valence-electron chi connectivity index (χ0n) is 15.3. The minimum Gasteiger partial charge on any atom is -0.379 e. The fraction of sp³-hybridized carbons (Fsp3) is 0.500. The van der Waals surface area contributed by atoms with E-state index in [0.717, 1.165) is 69.3 Å². The average molecular weight is 354 g/mol. The van der Waals surface area contributed by atoms with Crippen LogP contribution in [0.2, 0.25) is 0 Å². The van der Waals surface area contributed by atoms with E-state index in [2.05, 4.69) is 23.1 Å². The summed E-state index contributed by atoms with van der Waals surface area (Å²) in [5.74, 6) is 0.0976. The van der Waals surface area contributed by atoms with Crippen molar-refractivity contribution < 1.29 is 9.53 Å². The number of nitrogens with zero attached hydrogens (tertiary/aromatic N) is 4. The summed E-state index contributed by atoms with van der Waals surface area (Å²) in [5.41, 5.74) is 2.82. The summed E-state index contributed by atoms with van der Waals surface area (Å²) in [6.45, 7) is 5.13. The van der Waals surface area contributed by atoms with Gasteiger partial charge in [-0.1, -0.05) is 6.07 Å².